The smallest absolute Gasteiger partial charge is 0.234 e. The Balaban J connectivity index is 0.00000169. The highest BCUT2D eigenvalue weighted by Gasteiger charge is 2.35. The molecule has 0 spiro atoms. The van der Waals surface area contributed by atoms with Gasteiger partial charge in [0.2, 0.25) is 5.91 Å². The van der Waals surface area contributed by atoms with Gasteiger partial charge in [-0.3, -0.25) is 4.79 Å². The second-order valence-corrected chi connectivity index (χ2v) is 6.25. The van der Waals surface area contributed by atoms with Crippen LogP contribution in [-0.4, -0.2) is 36.5 Å². The fourth-order valence-corrected chi connectivity index (χ4v) is 3.49. The molecule has 2 aliphatic heterocycles. The summed E-state index contributed by atoms with van der Waals surface area (Å²) in [6.45, 7) is 4.47. The molecular weight excluding hydrogens is 324 g/mol. The largest absolute Gasteiger partial charge is 0.457 e. The number of hydrogen-bond donors (Lipinski definition) is 1. The van der Waals surface area contributed by atoms with Gasteiger partial charge in [0.1, 0.15) is 11.5 Å². The summed E-state index contributed by atoms with van der Waals surface area (Å²) in [5, 5.41) is 3.39. The van der Waals surface area contributed by atoms with E-state index in [4.69, 9.17) is 4.74 Å². The second-order valence-electron chi connectivity index (χ2n) is 6.25. The normalized spacial score (nSPS) is 19.5. The molecule has 4 rings (SSSR count). The summed E-state index contributed by atoms with van der Waals surface area (Å²) < 4.78 is 5.98. The molecule has 2 aliphatic rings. The summed E-state index contributed by atoms with van der Waals surface area (Å²) in [4.78, 5) is 15.2. The number of halogens is 1. The molecule has 0 unspecified atom stereocenters. The summed E-state index contributed by atoms with van der Waals surface area (Å²) in [6.07, 6.45) is 0. The van der Waals surface area contributed by atoms with Gasteiger partial charge in [0.05, 0.1) is 5.92 Å². The van der Waals surface area contributed by atoms with Crippen molar-refractivity contribution in [2.45, 2.75) is 18.9 Å². The number of para-hydroxylation sites is 2. The van der Waals surface area contributed by atoms with Crippen molar-refractivity contribution in [3.63, 3.8) is 0 Å². The maximum absolute atomic E-state index is 13.3. The minimum atomic E-state index is -0.276. The first-order chi connectivity index (χ1) is 11.2. The molecule has 1 atom stereocenters. The lowest BCUT2D eigenvalue weighted by atomic mass is 9.86. The standard InChI is InChI=1S/C19H20N2O2.ClH/c1-13-12-21(11-10-20-13)19(22)18-14-6-2-4-8-16(14)23-17-9-5-3-7-15(17)18;/h2-9,13,18,20H,10-12H2,1H3;1H/t13-;/m1./s1. The van der Waals surface area contributed by atoms with Crippen LogP contribution in [0.2, 0.25) is 0 Å². The van der Waals surface area contributed by atoms with Crippen molar-refractivity contribution in [3.05, 3.63) is 59.7 Å². The Labute approximate surface area is 148 Å². The fourth-order valence-electron chi connectivity index (χ4n) is 3.49. The highest BCUT2D eigenvalue weighted by Crippen LogP contribution is 2.44. The Morgan fingerprint density at radius 1 is 1.08 bits per heavy atom. The Kier molecular flexibility index (Phi) is 4.78. The first-order valence-corrected chi connectivity index (χ1v) is 8.12. The van der Waals surface area contributed by atoms with Crippen molar-refractivity contribution in [2.24, 2.45) is 0 Å². The number of nitrogens with zero attached hydrogens (tertiary/aromatic N) is 1. The van der Waals surface area contributed by atoms with Gasteiger partial charge in [-0.05, 0) is 19.1 Å². The highest BCUT2D eigenvalue weighted by molar-refractivity contribution is 5.89. The maximum atomic E-state index is 13.3. The van der Waals surface area contributed by atoms with Crippen molar-refractivity contribution >= 4 is 18.3 Å². The van der Waals surface area contributed by atoms with E-state index in [1.165, 1.54) is 0 Å². The Hall–Kier alpha value is -2.04. The molecule has 2 aromatic carbocycles. The Bertz CT molecular complexity index is 704. The molecule has 1 N–H and O–H groups in total. The van der Waals surface area contributed by atoms with Crippen LogP contribution in [0.3, 0.4) is 0 Å². The van der Waals surface area contributed by atoms with Crippen molar-refractivity contribution in [3.8, 4) is 11.5 Å². The number of carbonyl (C=O) groups excluding carboxylic acids is 1. The van der Waals surface area contributed by atoms with E-state index in [-0.39, 0.29) is 24.2 Å². The molecular formula is C19H21ClN2O2. The Morgan fingerprint density at radius 2 is 1.67 bits per heavy atom. The molecule has 1 fully saturated rings. The van der Waals surface area contributed by atoms with Gasteiger partial charge in [0.25, 0.3) is 0 Å². The second kappa shape index (κ2) is 6.83. The maximum Gasteiger partial charge on any atom is 0.234 e. The van der Waals surface area contributed by atoms with Crippen LogP contribution in [-0.2, 0) is 4.79 Å². The van der Waals surface area contributed by atoms with Crippen LogP contribution in [0.5, 0.6) is 11.5 Å². The summed E-state index contributed by atoms with van der Waals surface area (Å²) in [5.41, 5.74) is 1.92. The quantitative estimate of drug-likeness (QED) is 0.864. The molecule has 0 aliphatic carbocycles. The van der Waals surface area contributed by atoms with Gasteiger partial charge in [-0.25, -0.2) is 0 Å². The molecule has 0 saturated carbocycles. The van der Waals surface area contributed by atoms with Crippen LogP contribution in [0.25, 0.3) is 0 Å². The van der Waals surface area contributed by atoms with E-state index in [0.717, 1.165) is 42.3 Å². The van der Waals surface area contributed by atoms with Crippen molar-refractivity contribution in [1.29, 1.82) is 0 Å². The minimum Gasteiger partial charge on any atom is -0.457 e. The number of piperazine rings is 1. The third-order valence-electron chi connectivity index (χ3n) is 4.61. The van der Waals surface area contributed by atoms with E-state index in [1.54, 1.807) is 0 Å². The third kappa shape index (κ3) is 2.87. The molecule has 126 valence electrons. The number of carbonyl (C=O) groups is 1. The van der Waals surface area contributed by atoms with Gasteiger partial charge >= 0.3 is 0 Å². The lowest BCUT2D eigenvalue weighted by Crippen LogP contribution is -2.52. The van der Waals surface area contributed by atoms with E-state index < -0.39 is 0 Å². The molecule has 1 amide bonds. The SMILES string of the molecule is C[C@@H]1CN(C(=O)C2c3ccccc3Oc3ccccc32)CCN1.Cl. The van der Waals surface area contributed by atoms with Crippen LogP contribution in [0.15, 0.2) is 48.5 Å². The zero-order chi connectivity index (χ0) is 15.8. The van der Waals surface area contributed by atoms with Crippen LogP contribution in [0.4, 0.5) is 0 Å². The van der Waals surface area contributed by atoms with Crippen molar-refractivity contribution in [2.75, 3.05) is 19.6 Å². The fraction of sp³-hybridized carbons (Fsp3) is 0.316. The number of fused-ring (bicyclic) bond motifs is 2. The molecule has 0 bridgehead atoms. The number of rotatable bonds is 1. The summed E-state index contributed by atoms with van der Waals surface area (Å²) in [6, 6.07) is 16.0. The molecule has 2 aromatic rings. The summed E-state index contributed by atoms with van der Waals surface area (Å²) >= 11 is 0. The number of hydrogen-bond acceptors (Lipinski definition) is 3. The molecule has 5 heteroatoms. The molecule has 1 saturated heterocycles. The van der Waals surface area contributed by atoms with Gasteiger partial charge in [0.15, 0.2) is 0 Å². The lowest BCUT2D eigenvalue weighted by molar-refractivity contribution is -0.133. The van der Waals surface area contributed by atoms with E-state index in [1.807, 2.05) is 53.4 Å². The molecule has 4 nitrogen and oxygen atoms in total. The number of amides is 1. The van der Waals surface area contributed by atoms with Crippen LogP contribution in [0, 0.1) is 0 Å². The number of nitrogens with one attached hydrogen (secondary N) is 1. The van der Waals surface area contributed by atoms with E-state index >= 15 is 0 Å². The first-order valence-electron chi connectivity index (χ1n) is 8.12. The van der Waals surface area contributed by atoms with Crippen molar-refractivity contribution in [1.82, 2.24) is 10.2 Å². The average molecular weight is 345 g/mol. The van der Waals surface area contributed by atoms with Crippen LogP contribution < -0.4 is 10.1 Å². The highest BCUT2D eigenvalue weighted by atomic mass is 35.5. The van der Waals surface area contributed by atoms with Crippen molar-refractivity contribution < 1.29 is 9.53 Å². The van der Waals surface area contributed by atoms with Gasteiger partial charge in [-0.15, -0.1) is 12.4 Å². The Morgan fingerprint density at radius 3 is 2.25 bits per heavy atom. The van der Waals surface area contributed by atoms with Gasteiger partial charge in [0, 0.05) is 36.8 Å². The van der Waals surface area contributed by atoms with Gasteiger partial charge in [-0.2, -0.15) is 0 Å². The minimum absolute atomic E-state index is 0. The van der Waals surface area contributed by atoms with Crippen LogP contribution in [0.1, 0.15) is 24.0 Å². The van der Waals surface area contributed by atoms with E-state index in [9.17, 15) is 4.79 Å². The number of ether oxygens (including phenoxy) is 1. The lowest BCUT2D eigenvalue weighted by Gasteiger charge is -2.36. The zero-order valence-corrected chi connectivity index (χ0v) is 14.4. The molecule has 2 heterocycles. The number of benzene rings is 2. The topological polar surface area (TPSA) is 41.6 Å². The molecule has 0 radical (unpaired) electrons. The van der Waals surface area contributed by atoms with Gasteiger partial charge in [-0.1, -0.05) is 36.4 Å². The predicted octanol–water partition coefficient (Wildman–Crippen LogP) is 3.17. The third-order valence-corrected chi connectivity index (χ3v) is 4.61. The summed E-state index contributed by atoms with van der Waals surface area (Å²) in [5.74, 6) is 1.46. The van der Waals surface area contributed by atoms with E-state index in [2.05, 4.69) is 12.2 Å². The average Bonchev–Trinajstić information content (AvgIpc) is 2.59. The monoisotopic (exact) mass is 344 g/mol. The van der Waals surface area contributed by atoms with E-state index in [0.29, 0.717) is 6.04 Å². The molecule has 24 heavy (non-hydrogen) atoms. The first kappa shape index (κ1) is 16.8. The van der Waals surface area contributed by atoms with Crippen LogP contribution >= 0.6 is 12.4 Å². The predicted molar refractivity (Wildman–Crippen MR) is 96.1 cm³/mol. The summed E-state index contributed by atoms with van der Waals surface area (Å²) in [7, 11) is 0. The van der Waals surface area contributed by atoms with Gasteiger partial charge < -0.3 is 15.0 Å². The molecule has 0 aromatic heterocycles. The zero-order valence-electron chi connectivity index (χ0n) is 13.6.